The summed E-state index contributed by atoms with van der Waals surface area (Å²) in [6.45, 7) is 10.8. The van der Waals surface area contributed by atoms with Crippen molar-refractivity contribution in [2.75, 3.05) is 4.90 Å². The first kappa shape index (κ1) is 26.4. The number of allylic oxidation sites excluding steroid dienone is 8. The molecule has 0 amide bonds. The molecule has 1 aliphatic carbocycles. The Kier molecular flexibility index (Phi) is 7.07. The van der Waals surface area contributed by atoms with Gasteiger partial charge in [-0.1, -0.05) is 99.3 Å². The van der Waals surface area contributed by atoms with Crippen LogP contribution in [0, 0.1) is 0 Å². The Balaban J connectivity index is 1.46. The number of rotatable bonds is 6. The van der Waals surface area contributed by atoms with Gasteiger partial charge in [-0.05, 0) is 67.3 Å². The van der Waals surface area contributed by atoms with Crippen LogP contribution >= 0.6 is 0 Å². The van der Waals surface area contributed by atoms with Crippen LogP contribution < -0.4 is 4.90 Å². The largest absolute Gasteiger partial charge is 0.310 e. The van der Waals surface area contributed by atoms with Crippen molar-refractivity contribution in [2.45, 2.75) is 39.0 Å². The van der Waals surface area contributed by atoms with Crippen molar-refractivity contribution in [2.24, 2.45) is 0 Å². The summed E-state index contributed by atoms with van der Waals surface area (Å²) >= 11 is 0. The summed E-state index contributed by atoms with van der Waals surface area (Å²) in [4.78, 5) is 17.0. The van der Waals surface area contributed by atoms with E-state index in [1.165, 1.54) is 16.8 Å². The molecule has 0 saturated carbocycles. The molecule has 0 fully saturated rings. The average molecular weight is 535 g/mol. The number of fused-ring (bicyclic) bond motifs is 1. The first-order valence-corrected chi connectivity index (χ1v) is 14.2. The summed E-state index contributed by atoms with van der Waals surface area (Å²) in [5, 5.41) is 0. The Morgan fingerprint density at radius 3 is 2.10 bits per heavy atom. The molecule has 0 spiro atoms. The number of hydrogen-bond donors (Lipinski definition) is 0. The molecule has 0 radical (unpaired) electrons. The third-order valence-electron chi connectivity index (χ3n) is 7.84. The Labute approximate surface area is 242 Å². The van der Waals surface area contributed by atoms with Crippen molar-refractivity contribution in [1.82, 2.24) is 15.0 Å². The van der Waals surface area contributed by atoms with E-state index in [4.69, 9.17) is 15.0 Å². The van der Waals surface area contributed by atoms with Crippen molar-refractivity contribution in [1.29, 1.82) is 0 Å². The first-order chi connectivity index (χ1) is 20.0. The average Bonchev–Trinajstić information content (AvgIpc) is 3.02. The minimum absolute atomic E-state index is 0.166. The number of benzene rings is 3. The van der Waals surface area contributed by atoms with E-state index in [0.29, 0.717) is 17.5 Å². The molecule has 2 aliphatic rings. The Hall–Kier alpha value is -4.83. The zero-order valence-electron chi connectivity index (χ0n) is 23.9. The molecule has 0 unspecified atom stereocenters. The highest BCUT2D eigenvalue weighted by Crippen LogP contribution is 2.48. The highest BCUT2D eigenvalue weighted by atomic mass is 15.2. The van der Waals surface area contributed by atoms with Crippen LogP contribution in [0.15, 0.2) is 133 Å². The molecule has 0 N–H and O–H groups in total. The lowest BCUT2D eigenvalue weighted by atomic mass is 9.73. The van der Waals surface area contributed by atoms with Crippen LogP contribution in [0.4, 0.5) is 11.4 Å². The quantitative estimate of drug-likeness (QED) is 0.247. The van der Waals surface area contributed by atoms with Crippen LogP contribution in [-0.4, -0.2) is 15.0 Å². The summed E-state index contributed by atoms with van der Waals surface area (Å²) in [6.07, 6.45) is 14.8. The van der Waals surface area contributed by atoms with Crippen LogP contribution in [0.2, 0.25) is 0 Å². The second-order valence-corrected chi connectivity index (χ2v) is 10.8. The predicted molar refractivity (Wildman–Crippen MR) is 171 cm³/mol. The van der Waals surface area contributed by atoms with Crippen LogP contribution in [0.3, 0.4) is 0 Å². The van der Waals surface area contributed by atoms with E-state index in [2.05, 4.69) is 111 Å². The summed E-state index contributed by atoms with van der Waals surface area (Å²) < 4.78 is 0. The van der Waals surface area contributed by atoms with Gasteiger partial charge in [-0.15, -0.1) is 0 Å². The lowest BCUT2D eigenvalue weighted by Gasteiger charge is -2.42. The fourth-order valence-corrected chi connectivity index (χ4v) is 5.76. The van der Waals surface area contributed by atoms with Crippen molar-refractivity contribution in [3.05, 3.63) is 145 Å². The SMILES string of the molecule is C=CC1=C(/C=C\C)N(c2ccc(-c3nc(C4=CCCC=C4)nc(-c4ccccc4)n3)cc2)c2ccccc2C1(C)C. The minimum atomic E-state index is -0.166. The molecule has 0 saturated heterocycles. The molecule has 202 valence electrons. The van der Waals surface area contributed by atoms with E-state index >= 15 is 0 Å². The van der Waals surface area contributed by atoms with Crippen molar-refractivity contribution >= 4 is 16.9 Å². The lowest BCUT2D eigenvalue weighted by molar-refractivity contribution is 0.621. The molecular formula is C37H34N4. The molecule has 0 bridgehead atoms. The smallest absolute Gasteiger partial charge is 0.164 e. The molecule has 4 heteroatoms. The monoisotopic (exact) mass is 534 g/mol. The van der Waals surface area contributed by atoms with Gasteiger partial charge in [0.1, 0.15) is 0 Å². The third-order valence-corrected chi connectivity index (χ3v) is 7.84. The van der Waals surface area contributed by atoms with E-state index in [1.807, 2.05) is 36.4 Å². The predicted octanol–water partition coefficient (Wildman–Crippen LogP) is 9.38. The van der Waals surface area contributed by atoms with Gasteiger partial charge in [0.25, 0.3) is 0 Å². The normalized spacial score (nSPS) is 16.1. The topological polar surface area (TPSA) is 41.9 Å². The molecule has 1 aromatic heterocycles. The highest BCUT2D eigenvalue weighted by molar-refractivity contribution is 5.80. The molecule has 2 heterocycles. The summed E-state index contributed by atoms with van der Waals surface area (Å²) in [7, 11) is 0. The number of anilines is 2. The Bertz CT molecular complexity index is 1720. The maximum Gasteiger partial charge on any atom is 0.164 e. The number of para-hydroxylation sites is 1. The third kappa shape index (κ3) is 4.87. The molecule has 41 heavy (non-hydrogen) atoms. The Morgan fingerprint density at radius 1 is 0.780 bits per heavy atom. The number of nitrogens with zero attached hydrogens (tertiary/aromatic N) is 4. The van der Waals surface area contributed by atoms with Gasteiger partial charge in [0, 0.05) is 33.5 Å². The van der Waals surface area contributed by atoms with Gasteiger partial charge in [-0.25, -0.2) is 15.0 Å². The molecule has 3 aromatic carbocycles. The van der Waals surface area contributed by atoms with Gasteiger partial charge in [-0.2, -0.15) is 0 Å². The molecule has 4 aromatic rings. The maximum absolute atomic E-state index is 4.93. The van der Waals surface area contributed by atoms with E-state index in [1.54, 1.807) is 0 Å². The van der Waals surface area contributed by atoms with Gasteiger partial charge >= 0.3 is 0 Å². The van der Waals surface area contributed by atoms with Gasteiger partial charge < -0.3 is 4.90 Å². The van der Waals surface area contributed by atoms with Crippen LogP contribution in [0.5, 0.6) is 0 Å². The van der Waals surface area contributed by atoms with E-state index in [0.717, 1.165) is 40.9 Å². The van der Waals surface area contributed by atoms with Crippen molar-refractivity contribution < 1.29 is 0 Å². The van der Waals surface area contributed by atoms with Crippen LogP contribution in [0.1, 0.15) is 45.0 Å². The van der Waals surface area contributed by atoms with Crippen molar-refractivity contribution in [3.63, 3.8) is 0 Å². The van der Waals surface area contributed by atoms with Gasteiger partial charge in [0.15, 0.2) is 17.5 Å². The minimum Gasteiger partial charge on any atom is -0.310 e. The summed E-state index contributed by atoms with van der Waals surface area (Å²) in [5.41, 5.74) is 8.64. The first-order valence-electron chi connectivity index (χ1n) is 14.2. The summed E-state index contributed by atoms with van der Waals surface area (Å²) in [5.74, 6) is 2.04. The maximum atomic E-state index is 4.93. The molecule has 4 nitrogen and oxygen atoms in total. The van der Waals surface area contributed by atoms with Gasteiger partial charge in [0.2, 0.25) is 0 Å². The molecule has 6 rings (SSSR count). The standard InChI is InChI=1S/C37H34N4/c1-5-15-32-30(6-2)37(3,4)31-20-13-14-21-33(31)41(32)29-24-22-28(23-25-29)36-39-34(26-16-9-7-10-17-26)38-35(40-36)27-18-11-8-12-19-27/h5-7,9-11,13-25H,2,8,12H2,1,3-4H3/b15-5-. The van der Waals surface area contributed by atoms with E-state index < -0.39 is 0 Å². The molecular weight excluding hydrogens is 500 g/mol. The van der Waals surface area contributed by atoms with E-state index in [-0.39, 0.29) is 5.41 Å². The fraction of sp³-hybridized carbons (Fsp3) is 0.162. The lowest BCUT2D eigenvalue weighted by Crippen LogP contribution is -2.33. The van der Waals surface area contributed by atoms with Gasteiger partial charge in [-0.3, -0.25) is 0 Å². The van der Waals surface area contributed by atoms with E-state index in [9.17, 15) is 0 Å². The van der Waals surface area contributed by atoms with Crippen molar-refractivity contribution in [3.8, 4) is 22.8 Å². The molecule has 0 atom stereocenters. The number of hydrogen-bond acceptors (Lipinski definition) is 4. The fourth-order valence-electron chi connectivity index (χ4n) is 5.76. The Morgan fingerprint density at radius 2 is 1.44 bits per heavy atom. The van der Waals surface area contributed by atoms with Crippen LogP contribution in [-0.2, 0) is 5.41 Å². The summed E-state index contributed by atoms with van der Waals surface area (Å²) in [6, 6.07) is 27.3. The second-order valence-electron chi connectivity index (χ2n) is 10.8. The molecule has 1 aliphatic heterocycles. The zero-order chi connectivity index (χ0) is 28.4. The second kappa shape index (κ2) is 11.0. The van der Waals surface area contributed by atoms with Crippen LogP contribution in [0.25, 0.3) is 28.3 Å². The number of aromatic nitrogens is 3. The highest BCUT2D eigenvalue weighted by Gasteiger charge is 2.36. The zero-order valence-corrected chi connectivity index (χ0v) is 23.9. The van der Waals surface area contributed by atoms with Gasteiger partial charge in [0.05, 0.1) is 5.69 Å².